The molecule has 1 aliphatic heterocycles. The van der Waals surface area contributed by atoms with Crippen molar-refractivity contribution >= 4 is 11.6 Å². The van der Waals surface area contributed by atoms with Crippen LogP contribution in [0.25, 0.3) is 0 Å². The van der Waals surface area contributed by atoms with E-state index in [1.807, 2.05) is 0 Å². The summed E-state index contributed by atoms with van der Waals surface area (Å²) in [5, 5.41) is 12.7. The number of benzene rings is 1. The first-order valence-corrected chi connectivity index (χ1v) is 7.44. The van der Waals surface area contributed by atoms with Crippen LogP contribution in [0.15, 0.2) is 18.2 Å². The van der Waals surface area contributed by atoms with Gasteiger partial charge in [-0.3, -0.25) is 4.79 Å². The molecule has 4 nitrogen and oxygen atoms in total. The number of amides is 1. The highest BCUT2D eigenvalue weighted by Crippen LogP contribution is 2.30. The lowest BCUT2D eigenvalue weighted by Crippen LogP contribution is -2.38. The summed E-state index contributed by atoms with van der Waals surface area (Å²) in [6.45, 7) is 5.62. The van der Waals surface area contributed by atoms with Crippen molar-refractivity contribution in [2.24, 2.45) is 5.92 Å². The highest BCUT2D eigenvalue weighted by atomic mass is 19.1. The van der Waals surface area contributed by atoms with Gasteiger partial charge in [0.05, 0.1) is 6.10 Å². The number of hydrogen-bond donors (Lipinski definition) is 2. The molecule has 0 unspecified atom stereocenters. The molecule has 0 aromatic heterocycles. The molecule has 0 spiro atoms. The number of nitrogens with zero attached hydrogens (tertiary/aromatic N) is 1. The van der Waals surface area contributed by atoms with Crippen LogP contribution in [0.3, 0.4) is 0 Å². The van der Waals surface area contributed by atoms with E-state index < -0.39 is 6.10 Å². The number of aliphatic hydroxyl groups excluding tert-OH is 1. The van der Waals surface area contributed by atoms with Gasteiger partial charge in [-0.2, -0.15) is 0 Å². The minimum Gasteiger partial charge on any atom is -0.389 e. The van der Waals surface area contributed by atoms with Gasteiger partial charge in [-0.15, -0.1) is 0 Å². The molecule has 0 radical (unpaired) electrons. The fourth-order valence-electron chi connectivity index (χ4n) is 2.81. The van der Waals surface area contributed by atoms with E-state index in [0.29, 0.717) is 11.5 Å². The Labute approximate surface area is 125 Å². The number of halogens is 1. The van der Waals surface area contributed by atoms with Gasteiger partial charge in [-0.1, -0.05) is 0 Å². The highest BCUT2D eigenvalue weighted by molar-refractivity contribution is 5.72. The van der Waals surface area contributed by atoms with Gasteiger partial charge >= 0.3 is 0 Å². The minimum atomic E-state index is -0.687. The summed E-state index contributed by atoms with van der Waals surface area (Å²) in [5.74, 6) is 0.170. The summed E-state index contributed by atoms with van der Waals surface area (Å²) in [6.07, 6.45) is 1.28. The van der Waals surface area contributed by atoms with Gasteiger partial charge in [-0.25, -0.2) is 4.39 Å². The van der Waals surface area contributed by atoms with Crippen molar-refractivity contribution in [2.45, 2.75) is 32.8 Å². The normalized spacial score (nSPS) is 17.6. The van der Waals surface area contributed by atoms with E-state index in [0.717, 1.165) is 38.2 Å². The summed E-state index contributed by atoms with van der Waals surface area (Å²) >= 11 is 0. The first kappa shape index (κ1) is 15.8. The first-order chi connectivity index (χ1) is 9.97. The van der Waals surface area contributed by atoms with E-state index in [9.17, 15) is 14.3 Å². The third-order valence-corrected chi connectivity index (χ3v) is 4.03. The maximum absolute atomic E-state index is 13.3. The molecule has 1 aromatic rings. The monoisotopic (exact) mass is 294 g/mol. The molecular formula is C16H23FN2O2. The van der Waals surface area contributed by atoms with Crippen LogP contribution in [0.1, 0.15) is 38.4 Å². The van der Waals surface area contributed by atoms with Crippen LogP contribution in [0.2, 0.25) is 0 Å². The van der Waals surface area contributed by atoms with Crippen LogP contribution in [-0.2, 0) is 4.79 Å². The molecule has 1 aromatic carbocycles. The zero-order valence-electron chi connectivity index (χ0n) is 12.6. The summed E-state index contributed by atoms with van der Waals surface area (Å²) in [7, 11) is 0. The Kier molecular flexibility index (Phi) is 5.17. The molecule has 21 heavy (non-hydrogen) atoms. The lowest BCUT2D eigenvalue weighted by molar-refractivity contribution is -0.119. The molecule has 2 rings (SSSR count). The Hall–Kier alpha value is -1.62. The highest BCUT2D eigenvalue weighted by Gasteiger charge is 2.22. The van der Waals surface area contributed by atoms with E-state index >= 15 is 0 Å². The minimum absolute atomic E-state index is 0.00681. The molecule has 1 amide bonds. The summed E-state index contributed by atoms with van der Waals surface area (Å²) in [6, 6.07) is 4.58. The molecule has 0 bridgehead atoms. The van der Waals surface area contributed by atoms with Gasteiger partial charge in [0.1, 0.15) is 5.82 Å². The lowest BCUT2D eigenvalue weighted by Gasteiger charge is -2.35. The number of aliphatic hydroxyl groups is 1. The molecule has 116 valence electrons. The molecule has 1 atom stereocenters. The molecular weight excluding hydrogens is 271 g/mol. The van der Waals surface area contributed by atoms with Crippen LogP contribution in [-0.4, -0.2) is 30.6 Å². The number of carbonyl (C=O) groups excluding carboxylic acids is 1. The molecule has 1 fully saturated rings. The maximum atomic E-state index is 13.3. The molecule has 1 aliphatic rings. The maximum Gasteiger partial charge on any atom is 0.216 e. The van der Waals surface area contributed by atoms with Crippen molar-refractivity contribution in [3.63, 3.8) is 0 Å². The molecule has 0 aliphatic carbocycles. The predicted molar refractivity (Wildman–Crippen MR) is 80.7 cm³/mol. The SMILES string of the molecule is CC(=O)NCC1CCN(c2ccc(F)cc2[C@@H](C)O)CC1. The third-order valence-electron chi connectivity index (χ3n) is 4.03. The van der Waals surface area contributed by atoms with Crippen LogP contribution >= 0.6 is 0 Å². The van der Waals surface area contributed by atoms with Crippen molar-refractivity contribution in [1.29, 1.82) is 0 Å². The van der Waals surface area contributed by atoms with Crippen LogP contribution in [0.4, 0.5) is 10.1 Å². The second kappa shape index (κ2) is 6.89. The average molecular weight is 294 g/mol. The van der Waals surface area contributed by atoms with Crippen molar-refractivity contribution in [3.8, 4) is 0 Å². The van der Waals surface area contributed by atoms with E-state index in [1.165, 1.54) is 19.1 Å². The van der Waals surface area contributed by atoms with Crippen LogP contribution in [0.5, 0.6) is 0 Å². The Morgan fingerprint density at radius 1 is 1.48 bits per heavy atom. The lowest BCUT2D eigenvalue weighted by atomic mass is 9.95. The standard InChI is InChI=1S/C16H23FN2O2/c1-11(20)15-9-14(17)3-4-16(15)19-7-5-13(6-8-19)10-18-12(2)21/h3-4,9,11,13,20H,5-8,10H2,1-2H3,(H,18,21)/t11-/m1/s1. The van der Waals surface area contributed by atoms with E-state index in [2.05, 4.69) is 10.2 Å². The van der Waals surface area contributed by atoms with E-state index in [1.54, 1.807) is 13.0 Å². The second-order valence-electron chi connectivity index (χ2n) is 5.75. The van der Waals surface area contributed by atoms with Gasteiger partial charge in [0.2, 0.25) is 5.91 Å². The molecule has 2 N–H and O–H groups in total. The van der Waals surface area contributed by atoms with Crippen LogP contribution < -0.4 is 10.2 Å². The van der Waals surface area contributed by atoms with Crippen molar-refractivity contribution < 1.29 is 14.3 Å². The van der Waals surface area contributed by atoms with Crippen molar-refractivity contribution in [3.05, 3.63) is 29.6 Å². The summed E-state index contributed by atoms with van der Waals surface area (Å²) < 4.78 is 13.3. The molecule has 1 heterocycles. The fraction of sp³-hybridized carbons (Fsp3) is 0.562. The Morgan fingerprint density at radius 2 is 2.14 bits per heavy atom. The first-order valence-electron chi connectivity index (χ1n) is 7.44. The fourth-order valence-corrected chi connectivity index (χ4v) is 2.81. The Morgan fingerprint density at radius 3 is 2.71 bits per heavy atom. The van der Waals surface area contributed by atoms with E-state index in [4.69, 9.17) is 0 Å². The number of hydrogen-bond acceptors (Lipinski definition) is 3. The smallest absolute Gasteiger partial charge is 0.216 e. The van der Waals surface area contributed by atoms with E-state index in [-0.39, 0.29) is 11.7 Å². The third kappa shape index (κ3) is 4.17. The molecule has 5 heteroatoms. The molecule has 1 saturated heterocycles. The summed E-state index contributed by atoms with van der Waals surface area (Å²) in [4.78, 5) is 13.1. The number of anilines is 1. The van der Waals surface area contributed by atoms with Gasteiger partial charge < -0.3 is 15.3 Å². The largest absolute Gasteiger partial charge is 0.389 e. The number of carbonyl (C=O) groups is 1. The number of piperidine rings is 1. The summed E-state index contributed by atoms with van der Waals surface area (Å²) in [5.41, 5.74) is 1.54. The van der Waals surface area contributed by atoms with Gasteiger partial charge in [-0.05, 0) is 43.9 Å². The van der Waals surface area contributed by atoms with Gasteiger partial charge in [0.15, 0.2) is 0 Å². The zero-order valence-corrected chi connectivity index (χ0v) is 12.6. The number of nitrogens with one attached hydrogen (secondary N) is 1. The topological polar surface area (TPSA) is 52.6 Å². The molecule has 0 saturated carbocycles. The second-order valence-corrected chi connectivity index (χ2v) is 5.75. The van der Waals surface area contributed by atoms with Crippen LogP contribution in [0, 0.1) is 11.7 Å². The predicted octanol–water partition coefficient (Wildman–Crippen LogP) is 2.23. The Bertz CT molecular complexity index is 497. The van der Waals surface area contributed by atoms with Gasteiger partial charge in [0, 0.05) is 37.8 Å². The zero-order chi connectivity index (χ0) is 15.4. The Balaban J connectivity index is 2.00. The van der Waals surface area contributed by atoms with Gasteiger partial charge in [0.25, 0.3) is 0 Å². The van der Waals surface area contributed by atoms with Crippen molar-refractivity contribution in [1.82, 2.24) is 5.32 Å². The average Bonchev–Trinajstić information content (AvgIpc) is 2.45. The number of rotatable bonds is 4. The van der Waals surface area contributed by atoms with Crippen molar-refractivity contribution in [2.75, 3.05) is 24.5 Å². The quantitative estimate of drug-likeness (QED) is 0.895.